The highest BCUT2D eigenvalue weighted by atomic mass is 19.4. The van der Waals surface area contributed by atoms with Crippen molar-refractivity contribution in [3.8, 4) is 0 Å². The average Bonchev–Trinajstić information content (AvgIpc) is 3.26. The number of halogens is 8. The summed E-state index contributed by atoms with van der Waals surface area (Å²) in [6.07, 6.45) is -9.82. The van der Waals surface area contributed by atoms with E-state index in [9.17, 15) is 39.9 Å². The molecule has 1 aliphatic rings. The van der Waals surface area contributed by atoms with Gasteiger partial charge in [-0.25, -0.2) is 27.9 Å². The van der Waals surface area contributed by atoms with Gasteiger partial charge in [0.2, 0.25) is 0 Å². The van der Waals surface area contributed by atoms with Gasteiger partial charge in [0, 0.05) is 12.7 Å². The number of aromatic nitrogens is 3. The maximum Gasteiger partial charge on any atom is 0.490 e. The van der Waals surface area contributed by atoms with Crippen LogP contribution in [0.4, 0.5) is 39.9 Å². The first-order valence-corrected chi connectivity index (χ1v) is 11.3. The van der Waals surface area contributed by atoms with Gasteiger partial charge in [0.1, 0.15) is 0 Å². The smallest absolute Gasteiger partial charge is 0.475 e. The Morgan fingerprint density at radius 2 is 1.85 bits per heavy atom. The SMILES string of the molecule is COC[C@H](c1cnn2cc([C@@H](N)[C@@H](C)O[C@@H](C)C(F)(F)F)nc2c1)N1CC(F)(F)CNC1=O.O=C(O)C(F)(F)F. The number of hydrogen-bond donors (Lipinski definition) is 3. The molecule has 0 bridgehead atoms. The molecule has 2 amide bonds. The van der Waals surface area contributed by atoms with E-state index in [1.54, 1.807) is 0 Å². The van der Waals surface area contributed by atoms with Gasteiger partial charge in [-0.15, -0.1) is 0 Å². The maximum atomic E-state index is 13.9. The number of ether oxygens (including phenoxy) is 2. The van der Waals surface area contributed by atoms with Crippen molar-refractivity contribution in [1.29, 1.82) is 0 Å². The minimum Gasteiger partial charge on any atom is -0.475 e. The molecule has 2 aromatic heterocycles. The zero-order chi connectivity index (χ0) is 30.6. The Balaban J connectivity index is 0.000000708. The molecule has 1 fully saturated rings. The summed E-state index contributed by atoms with van der Waals surface area (Å²) >= 11 is 0. The summed E-state index contributed by atoms with van der Waals surface area (Å²) < 4.78 is 109. The number of carboxylic acids is 1. The van der Waals surface area contributed by atoms with Gasteiger partial charge in [-0.05, 0) is 19.9 Å². The molecule has 2 aromatic rings. The number of imidazole rings is 1. The molecule has 0 aliphatic carbocycles. The Labute approximate surface area is 221 Å². The number of nitrogens with zero attached hydrogens (tertiary/aromatic N) is 4. The Hall–Kier alpha value is -3.32. The zero-order valence-electron chi connectivity index (χ0n) is 21.1. The van der Waals surface area contributed by atoms with E-state index in [4.69, 9.17) is 25.1 Å². The van der Waals surface area contributed by atoms with Gasteiger partial charge in [-0.2, -0.15) is 31.4 Å². The van der Waals surface area contributed by atoms with E-state index in [1.165, 1.54) is 37.0 Å². The van der Waals surface area contributed by atoms with Crippen LogP contribution in [0.2, 0.25) is 0 Å². The summed E-state index contributed by atoms with van der Waals surface area (Å²) in [5.41, 5.74) is 6.92. The number of carboxylic acid groups (broad SMARTS) is 1. The van der Waals surface area contributed by atoms with E-state index in [2.05, 4.69) is 15.4 Å². The second-order valence-electron chi connectivity index (χ2n) is 8.72. The van der Waals surface area contributed by atoms with Crippen LogP contribution in [-0.2, 0) is 14.3 Å². The summed E-state index contributed by atoms with van der Waals surface area (Å²) in [5, 5.41) is 13.5. The Kier molecular flexibility index (Phi) is 10.2. The summed E-state index contributed by atoms with van der Waals surface area (Å²) in [7, 11) is 1.37. The monoisotopic (exact) mass is 594 g/mol. The Morgan fingerprint density at radius 3 is 2.38 bits per heavy atom. The molecular formula is C21H26F8N6O5. The van der Waals surface area contributed by atoms with Crippen LogP contribution in [-0.4, -0.2) is 93.9 Å². The van der Waals surface area contributed by atoms with E-state index in [0.29, 0.717) is 5.56 Å². The fourth-order valence-corrected chi connectivity index (χ4v) is 3.44. The summed E-state index contributed by atoms with van der Waals surface area (Å²) in [6.45, 7) is 0.661. The van der Waals surface area contributed by atoms with Crippen molar-refractivity contribution >= 4 is 17.6 Å². The number of alkyl halides is 8. The van der Waals surface area contributed by atoms with Gasteiger partial charge in [0.15, 0.2) is 11.8 Å². The molecule has 1 saturated heterocycles. The fourth-order valence-electron chi connectivity index (χ4n) is 3.44. The van der Waals surface area contributed by atoms with Crippen LogP contribution in [0.15, 0.2) is 18.5 Å². The lowest BCUT2D eigenvalue weighted by Crippen LogP contribution is -2.58. The van der Waals surface area contributed by atoms with Crippen LogP contribution in [0.3, 0.4) is 0 Å². The van der Waals surface area contributed by atoms with Crippen molar-refractivity contribution in [3.05, 3.63) is 29.7 Å². The Morgan fingerprint density at radius 1 is 1.25 bits per heavy atom. The minimum absolute atomic E-state index is 0.0748. The molecule has 4 N–H and O–H groups in total. The summed E-state index contributed by atoms with van der Waals surface area (Å²) in [4.78, 5) is 26.4. The second kappa shape index (κ2) is 12.5. The lowest BCUT2D eigenvalue weighted by Gasteiger charge is -2.38. The predicted molar refractivity (Wildman–Crippen MR) is 119 cm³/mol. The number of methoxy groups -OCH3 is 1. The molecule has 11 nitrogen and oxygen atoms in total. The number of amides is 2. The molecule has 0 spiro atoms. The first-order valence-electron chi connectivity index (χ1n) is 11.3. The van der Waals surface area contributed by atoms with Crippen molar-refractivity contribution in [3.63, 3.8) is 0 Å². The third kappa shape index (κ3) is 8.59. The lowest BCUT2D eigenvalue weighted by atomic mass is 10.1. The van der Waals surface area contributed by atoms with E-state index in [-0.39, 0.29) is 17.9 Å². The van der Waals surface area contributed by atoms with Gasteiger partial charge in [0.05, 0.1) is 56.0 Å². The molecule has 19 heteroatoms. The van der Waals surface area contributed by atoms with Crippen molar-refractivity contribution in [2.75, 3.05) is 26.8 Å². The number of nitrogens with two attached hydrogens (primary N) is 1. The topological polar surface area (TPSA) is 144 Å². The molecule has 4 atom stereocenters. The number of urea groups is 1. The molecule has 3 rings (SSSR count). The molecule has 1 aliphatic heterocycles. The molecule has 40 heavy (non-hydrogen) atoms. The lowest BCUT2D eigenvalue weighted by molar-refractivity contribution is -0.227. The van der Waals surface area contributed by atoms with Crippen molar-refractivity contribution in [1.82, 2.24) is 24.8 Å². The van der Waals surface area contributed by atoms with Crippen LogP contribution < -0.4 is 11.1 Å². The molecule has 0 unspecified atom stereocenters. The van der Waals surface area contributed by atoms with Crippen LogP contribution in [0.5, 0.6) is 0 Å². The van der Waals surface area contributed by atoms with E-state index < -0.39 is 67.7 Å². The van der Waals surface area contributed by atoms with E-state index >= 15 is 0 Å². The number of rotatable bonds is 8. The first-order chi connectivity index (χ1) is 18.3. The fraction of sp³-hybridized carbons (Fsp3) is 0.619. The van der Waals surface area contributed by atoms with Crippen molar-refractivity contribution in [2.45, 2.75) is 56.4 Å². The van der Waals surface area contributed by atoms with Crippen LogP contribution >= 0.6 is 0 Å². The van der Waals surface area contributed by atoms with Crippen molar-refractivity contribution in [2.24, 2.45) is 5.73 Å². The van der Waals surface area contributed by atoms with Crippen molar-refractivity contribution < 1.29 is 59.3 Å². The minimum atomic E-state index is -5.08. The quantitative estimate of drug-likeness (QED) is 0.396. The van der Waals surface area contributed by atoms with Gasteiger partial charge in [0.25, 0.3) is 5.92 Å². The van der Waals surface area contributed by atoms with Gasteiger partial charge in [-0.1, -0.05) is 0 Å². The van der Waals surface area contributed by atoms with Gasteiger partial charge < -0.3 is 30.5 Å². The normalized spacial score (nSPS) is 18.8. The van der Waals surface area contributed by atoms with Crippen LogP contribution in [0, 0.1) is 0 Å². The van der Waals surface area contributed by atoms with Crippen LogP contribution in [0.1, 0.15) is 37.2 Å². The summed E-state index contributed by atoms with van der Waals surface area (Å²) in [6, 6.07) is -1.00. The van der Waals surface area contributed by atoms with Crippen LogP contribution in [0.25, 0.3) is 5.65 Å². The highest BCUT2D eigenvalue weighted by Gasteiger charge is 2.42. The number of aliphatic carboxylic acids is 1. The molecule has 0 saturated carbocycles. The number of carbonyl (C=O) groups is 2. The molecule has 3 heterocycles. The third-order valence-corrected chi connectivity index (χ3v) is 5.58. The number of hydrogen-bond acceptors (Lipinski definition) is 7. The predicted octanol–water partition coefficient (Wildman–Crippen LogP) is 3.07. The Bertz CT molecular complexity index is 1170. The molecule has 226 valence electrons. The molecule has 0 radical (unpaired) electrons. The van der Waals surface area contributed by atoms with Gasteiger partial charge in [-0.3, -0.25) is 0 Å². The number of carbonyl (C=O) groups excluding carboxylic acids is 1. The average molecular weight is 594 g/mol. The highest BCUT2D eigenvalue weighted by molar-refractivity contribution is 5.76. The van der Waals surface area contributed by atoms with E-state index in [1.807, 2.05) is 0 Å². The second-order valence-corrected chi connectivity index (χ2v) is 8.72. The molecular weight excluding hydrogens is 568 g/mol. The number of nitrogens with one attached hydrogen (secondary N) is 1. The van der Waals surface area contributed by atoms with Gasteiger partial charge >= 0.3 is 24.4 Å². The number of fused-ring (bicyclic) bond motifs is 1. The summed E-state index contributed by atoms with van der Waals surface area (Å²) in [5.74, 6) is -5.87. The zero-order valence-corrected chi connectivity index (χ0v) is 21.1. The third-order valence-electron chi connectivity index (χ3n) is 5.58. The first kappa shape index (κ1) is 32.9. The maximum absolute atomic E-state index is 13.9. The molecule has 0 aromatic carbocycles. The van der Waals surface area contributed by atoms with E-state index in [0.717, 1.165) is 11.8 Å². The largest absolute Gasteiger partial charge is 0.490 e. The standard InChI is InChI=1S/C19H25F5N6O3.C2HF3O2/c1-10(33-11(2)19(22,23)24)16(25)13-6-30-15(28-13)4-12(5-27-30)14(7-32-3)29-9-18(20,21)8-26-17(29)31;3-2(4,5)1(6)7/h4-6,10-11,14,16H,7-9,25H2,1-3H3,(H,26,31);(H,6,7)/t10-,11+,14-,16+;/m1./s1. The highest BCUT2D eigenvalue weighted by Crippen LogP contribution is 2.29.